The number of halogens is 1. The third kappa shape index (κ3) is 2.40. The van der Waals surface area contributed by atoms with E-state index in [0.717, 1.165) is 12.8 Å². The van der Waals surface area contributed by atoms with E-state index >= 15 is 0 Å². The van der Waals surface area contributed by atoms with Crippen molar-refractivity contribution in [2.45, 2.75) is 18.4 Å². The summed E-state index contributed by atoms with van der Waals surface area (Å²) >= 11 is 0. The quantitative estimate of drug-likeness (QED) is 0.679. The van der Waals surface area contributed by atoms with Crippen molar-refractivity contribution >= 4 is 0 Å². The molecule has 1 fully saturated rings. The van der Waals surface area contributed by atoms with Gasteiger partial charge in [0.25, 0.3) is 0 Å². The third-order valence-electron chi connectivity index (χ3n) is 2.26. The molecule has 0 spiro atoms. The Morgan fingerprint density at radius 2 is 2.08 bits per heavy atom. The van der Waals surface area contributed by atoms with Crippen LogP contribution in [0.3, 0.4) is 0 Å². The molecule has 4 heteroatoms. The van der Waals surface area contributed by atoms with E-state index in [1.165, 1.54) is 0 Å². The van der Waals surface area contributed by atoms with Crippen molar-refractivity contribution in [1.82, 2.24) is 0 Å². The van der Waals surface area contributed by atoms with Gasteiger partial charge in [-0.1, -0.05) is 0 Å². The smallest absolute Gasteiger partial charge is 0.113 e. The molecule has 0 aliphatic carbocycles. The van der Waals surface area contributed by atoms with Gasteiger partial charge in [-0.25, -0.2) is 4.39 Å². The molecule has 0 bridgehead atoms. The Morgan fingerprint density at radius 1 is 1.42 bits per heavy atom. The molecular weight excluding hydrogens is 161 g/mol. The topological polar surface area (TPSA) is 44.5 Å². The van der Waals surface area contributed by atoms with Gasteiger partial charge in [0.2, 0.25) is 0 Å². The molecule has 1 rings (SSSR count). The molecule has 0 aromatic heterocycles. The zero-order chi connectivity index (χ0) is 8.86. The second-order valence-corrected chi connectivity index (χ2v) is 3.04. The lowest BCUT2D eigenvalue weighted by Gasteiger charge is -2.35. The molecule has 1 aliphatic rings. The van der Waals surface area contributed by atoms with Crippen LogP contribution in [-0.4, -0.2) is 38.6 Å². The van der Waals surface area contributed by atoms with Crippen LogP contribution in [0, 0.1) is 0 Å². The van der Waals surface area contributed by atoms with Gasteiger partial charge in [-0.15, -0.1) is 0 Å². The summed E-state index contributed by atoms with van der Waals surface area (Å²) in [7, 11) is 0. The minimum Gasteiger partial charge on any atom is -0.381 e. The highest BCUT2D eigenvalue weighted by Crippen LogP contribution is 2.23. The lowest BCUT2D eigenvalue weighted by Crippen LogP contribution is -2.45. The highest BCUT2D eigenvalue weighted by atomic mass is 19.1. The predicted octanol–water partition coefficient (Wildman–Crippen LogP) is 0.480. The van der Waals surface area contributed by atoms with E-state index in [9.17, 15) is 4.39 Å². The van der Waals surface area contributed by atoms with E-state index in [2.05, 4.69) is 0 Å². The van der Waals surface area contributed by atoms with E-state index < -0.39 is 6.67 Å². The summed E-state index contributed by atoms with van der Waals surface area (Å²) in [5, 5.41) is 0. The maximum Gasteiger partial charge on any atom is 0.113 e. The second-order valence-electron chi connectivity index (χ2n) is 3.04. The molecule has 0 radical (unpaired) electrons. The fraction of sp³-hybridized carbons (Fsp3) is 1.00. The molecule has 1 heterocycles. The van der Waals surface area contributed by atoms with Gasteiger partial charge < -0.3 is 15.2 Å². The van der Waals surface area contributed by atoms with Crippen LogP contribution in [0.2, 0.25) is 0 Å². The van der Waals surface area contributed by atoms with Crippen LogP contribution in [0.5, 0.6) is 0 Å². The largest absolute Gasteiger partial charge is 0.381 e. The molecule has 72 valence electrons. The van der Waals surface area contributed by atoms with Crippen LogP contribution in [0.4, 0.5) is 4.39 Å². The van der Waals surface area contributed by atoms with Crippen molar-refractivity contribution in [3.63, 3.8) is 0 Å². The molecule has 0 aromatic carbocycles. The van der Waals surface area contributed by atoms with Crippen molar-refractivity contribution in [2.24, 2.45) is 5.73 Å². The Bertz CT molecular complexity index is 126. The van der Waals surface area contributed by atoms with Crippen molar-refractivity contribution in [3.05, 3.63) is 0 Å². The number of hydrogen-bond donors (Lipinski definition) is 1. The van der Waals surface area contributed by atoms with Crippen LogP contribution < -0.4 is 5.73 Å². The summed E-state index contributed by atoms with van der Waals surface area (Å²) in [4.78, 5) is 0. The normalized spacial score (nSPS) is 22.5. The average Bonchev–Trinajstić information content (AvgIpc) is 2.16. The lowest BCUT2D eigenvalue weighted by molar-refractivity contribution is -0.107. The van der Waals surface area contributed by atoms with Crippen molar-refractivity contribution in [1.29, 1.82) is 0 Å². The first-order chi connectivity index (χ1) is 5.83. The van der Waals surface area contributed by atoms with E-state index in [0.29, 0.717) is 19.8 Å². The van der Waals surface area contributed by atoms with Gasteiger partial charge in [0.05, 0.1) is 12.2 Å². The first-order valence-corrected chi connectivity index (χ1v) is 4.31. The highest BCUT2D eigenvalue weighted by molar-refractivity contribution is 4.84. The second kappa shape index (κ2) is 4.74. The van der Waals surface area contributed by atoms with Crippen LogP contribution in [0.1, 0.15) is 12.8 Å². The molecule has 1 aliphatic heterocycles. The van der Waals surface area contributed by atoms with Crippen LogP contribution in [0.25, 0.3) is 0 Å². The number of alkyl halides is 1. The van der Waals surface area contributed by atoms with Gasteiger partial charge in [-0.2, -0.15) is 0 Å². The van der Waals surface area contributed by atoms with E-state index in [-0.39, 0.29) is 12.2 Å². The van der Waals surface area contributed by atoms with Crippen LogP contribution in [-0.2, 0) is 9.47 Å². The standard InChI is InChI=1S/C8H16FNO2/c9-3-6-12-8(7-10)1-4-11-5-2-8/h1-7,10H2. The average molecular weight is 177 g/mol. The van der Waals surface area contributed by atoms with Gasteiger partial charge in [0.15, 0.2) is 0 Å². The Kier molecular flexibility index (Phi) is 3.91. The number of hydrogen-bond acceptors (Lipinski definition) is 3. The number of nitrogens with two attached hydrogens (primary N) is 1. The molecule has 1 saturated heterocycles. The molecule has 0 unspecified atom stereocenters. The number of rotatable bonds is 4. The van der Waals surface area contributed by atoms with Gasteiger partial charge in [0, 0.05) is 32.6 Å². The van der Waals surface area contributed by atoms with E-state index in [4.69, 9.17) is 15.2 Å². The lowest BCUT2D eigenvalue weighted by atomic mass is 9.94. The minimum atomic E-state index is -0.442. The van der Waals surface area contributed by atoms with Crippen molar-refractivity contribution < 1.29 is 13.9 Å². The fourth-order valence-electron chi connectivity index (χ4n) is 1.41. The summed E-state index contributed by atoms with van der Waals surface area (Å²) < 4.78 is 22.4. The molecule has 12 heavy (non-hydrogen) atoms. The molecule has 0 atom stereocenters. The predicted molar refractivity (Wildman–Crippen MR) is 43.8 cm³/mol. The SMILES string of the molecule is NCC1(OCCF)CCOCC1. The summed E-state index contributed by atoms with van der Waals surface area (Å²) in [5.74, 6) is 0. The zero-order valence-electron chi connectivity index (χ0n) is 7.22. The molecule has 2 N–H and O–H groups in total. The highest BCUT2D eigenvalue weighted by Gasteiger charge is 2.31. The van der Waals surface area contributed by atoms with E-state index in [1.54, 1.807) is 0 Å². The Morgan fingerprint density at radius 3 is 2.58 bits per heavy atom. The first-order valence-electron chi connectivity index (χ1n) is 4.31. The van der Waals surface area contributed by atoms with Gasteiger partial charge in [-0.05, 0) is 0 Å². The summed E-state index contributed by atoms with van der Waals surface area (Å²) in [6.07, 6.45) is 1.56. The monoisotopic (exact) mass is 177 g/mol. The van der Waals surface area contributed by atoms with Crippen molar-refractivity contribution in [2.75, 3.05) is 33.0 Å². The van der Waals surface area contributed by atoms with Crippen LogP contribution >= 0.6 is 0 Å². The first kappa shape index (κ1) is 9.89. The minimum absolute atomic E-state index is 0.150. The Hall–Kier alpha value is -0.190. The zero-order valence-corrected chi connectivity index (χ0v) is 7.22. The van der Waals surface area contributed by atoms with E-state index in [1.807, 2.05) is 0 Å². The summed E-state index contributed by atoms with van der Waals surface area (Å²) in [6.45, 7) is 1.50. The van der Waals surface area contributed by atoms with Crippen LogP contribution in [0.15, 0.2) is 0 Å². The van der Waals surface area contributed by atoms with Gasteiger partial charge in [-0.3, -0.25) is 0 Å². The number of ether oxygens (including phenoxy) is 2. The van der Waals surface area contributed by atoms with Crippen molar-refractivity contribution in [3.8, 4) is 0 Å². The Balaban J connectivity index is 2.37. The maximum absolute atomic E-state index is 11.9. The van der Waals surface area contributed by atoms with Gasteiger partial charge >= 0.3 is 0 Å². The summed E-state index contributed by atoms with van der Waals surface area (Å²) in [5.41, 5.74) is 5.26. The Labute approximate surface area is 72.0 Å². The summed E-state index contributed by atoms with van der Waals surface area (Å²) in [6, 6.07) is 0. The third-order valence-corrected chi connectivity index (χ3v) is 2.26. The molecule has 3 nitrogen and oxygen atoms in total. The molecular formula is C8H16FNO2. The fourth-order valence-corrected chi connectivity index (χ4v) is 1.41. The molecule has 0 amide bonds. The molecule has 0 saturated carbocycles. The van der Waals surface area contributed by atoms with Gasteiger partial charge in [0.1, 0.15) is 6.67 Å². The maximum atomic E-state index is 11.9. The molecule has 0 aromatic rings.